The second-order valence-corrected chi connectivity index (χ2v) is 14.8. The highest BCUT2D eigenvalue weighted by Gasteiger charge is 2.33. The number of methoxy groups -OCH3 is 2. The van der Waals surface area contributed by atoms with Crippen LogP contribution in [0.4, 0.5) is 0 Å². The minimum Gasteiger partial charge on any atom is -0.497 e. The Morgan fingerprint density at radius 1 is 0.532 bits per heavy atom. The van der Waals surface area contributed by atoms with Gasteiger partial charge in [-0.15, -0.1) is 0 Å². The monoisotopic (exact) mass is 844 g/mol. The average Bonchev–Trinajstić information content (AvgIpc) is 3.90. The second-order valence-electron chi connectivity index (χ2n) is 14.8. The van der Waals surface area contributed by atoms with Crippen LogP contribution in [-0.4, -0.2) is 87.2 Å². The van der Waals surface area contributed by atoms with Crippen molar-refractivity contribution in [2.24, 2.45) is 0 Å². The van der Waals surface area contributed by atoms with E-state index in [4.69, 9.17) is 18.9 Å². The molecule has 4 aromatic carbocycles. The van der Waals surface area contributed by atoms with Crippen LogP contribution in [0.3, 0.4) is 0 Å². The number of carbonyl (C=O) groups excluding carboxylic acids is 4. The van der Waals surface area contributed by atoms with E-state index in [0.29, 0.717) is 35.5 Å². The van der Waals surface area contributed by atoms with Gasteiger partial charge in [0.15, 0.2) is 0 Å². The lowest BCUT2D eigenvalue weighted by molar-refractivity contribution is -0.177. The summed E-state index contributed by atoms with van der Waals surface area (Å²) in [4.78, 5) is 61.1. The van der Waals surface area contributed by atoms with Crippen LogP contribution in [0.15, 0.2) is 97.3 Å². The summed E-state index contributed by atoms with van der Waals surface area (Å²) < 4.78 is 21.7. The molecule has 326 valence electrons. The van der Waals surface area contributed by atoms with Gasteiger partial charge in [-0.25, -0.2) is 9.59 Å². The normalized spacial score (nSPS) is 12.1. The van der Waals surface area contributed by atoms with Crippen LogP contribution in [0.2, 0.25) is 0 Å². The zero-order valence-electron chi connectivity index (χ0n) is 35.7. The first-order valence-corrected chi connectivity index (χ1v) is 21.0. The number of benzene rings is 4. The number of aromatic amines is 2. The summed E-state index contributed by atoms with van der Waals surface area (Å²) in [7, 11) is 3.01. The molecule has 0 aliphatic heterocycles. The third-order valence-electron chi connectivity index (χ3n) is 10.7. The van der Waals surface area contributed by atoms with E-state index < -0.39 is 36.0 Å². The maximum atomic E-state index is 13.7. The van der Waals surface area contributed by atoms with Gasteiger partial charge in [-0.05, 0) is 123 Å². The Balaban J connectivity index is 1.12. The van der Waals surface area contributed by atoms with Crippen LogP contribution >= 0.6 is 0 Å². The fourth-order valence-electron chi connectivity index (χ4n) is 7.23. The van der Waals surface area contributed by atoms with Crippen molar-refractivity contribution in [3.05, 3.63) is 131 Å². The van der Waals surface area contributed by atoms with Crippen LogP contribution in [-0.2, 0) is 54.3 Å². The number of nitrogens with one attached hydrogen (secondary N) is 6. The molecule has 0 saturated heterocycles. The summed E-state index contributed by atoms with van der Waals surface area (Å²) in [5, 5.41) is 14.7. The number of hydrogen-bond acceptors (Lipinski definition) is 10. The fraction of sp³-hybridized carbons (Fsp3) is 0.333. The first kappa shape index (κ1) is 44.9. The predicted molar refractivity (Wildman–Crippen MR) is 238 cm³/mol. The van der Waals surface area contributed by atoms with Crippen LogP contribution in [0.1, 0.15) is 59.4 Å². The summed E-state index contributed by atoms with van der Waals surface area (Å²) in [6.45, 7) is 8.13. The summed E-state index contributed by atoms with van der Waals surface area (Å²) in [5.41, 5.74) is 7.09. The Morgan fingerprint density at radius 3 is 1.31 bits per heavy atom. The van der Waals surface area contributed by atoms with Gasteiger partial charge in [0.2, 0.25) is 12.2 Å². The van der Waals surface area contributed by atoms with Gasteiger partial charge in [-0.1, -0.05) is 50.2 Å². The number of aromatic nitrogens is 2. The van der Waals surface area contributed by atoms with Gasteiger partial charge in [0, 0.05) is 58.4 Å². The number of likely N-dealkylation sites (N-methyl/N-ethyl adjacent to an activating group) is 2. The SMILES string of the molecule is CCNCCc1c[nH]c2ccc(CCNC(=O)C(OC(=O)C(=O)OC(C(=O)NCCc3ccc4[nH]cc(CCNCC)c4c3)c3ccc(OC)cc3)c3ccc(OC)cc3)cc12. The van der Waals surface area contributed by atoms with Crippen molar-refractivity contribution in [1.29, 1.82) is 0 Å². The van der Waals surface area contributed by atoms with E-state index in [1.54, 1.807) is 48.5 Å². The highest BCUT2D eigenvalue weighted by atomic mass is 16.6. The molecule has 6 N–H and O–H groups in total. The van der Waals surface area contributed by atoms with Crippen molar-refractivity contribution < 1.29 is 38.1 Å². The molecule has 6 aromatic rings. The van der Waals surface area contributed by atoms with Crippen molar-refractivity contribution in [2.45, 2.75) is 51.7 Å². The zero-order chi connectivity index (χ0) is 43.8. The molecular formula is C48H56N6O8. The average molecular weight is 845 g/mol. The third-order valence-corrected chi connectivity index (χ3v) is 10.7. The molecule has 2 aromatic heterocycles. The Kier molecular flexibility index (Phi) is 16.1. The van der Waals surface area contributed by atoms with Crippen molar-refractivity contribution >= 4 is 45.6 Å². The van der Waals surface area contributed by atoms with Crippen molar-refractivity contribution in [3.63, 3.8) is 0 Å². The molecule has 2 heterocycles. The first-order valence-electron chi connectivity index (χ1n) is 21.0. The Hall–Kier alpha value is -6.64. The van der Waals surface area contributed by atoms with Crippen LogP contribution < -0.4 is 30.7 Å². The zero-order valence-corrected chi connectivity index (χ0v) is 35.7. The Bertz CT molecular complexity index is 2250. The van der Waals surface area contributed by atoms with E-state index >= 15 is 0 Å². The number of carbonyl (C=O) groups is 4. The molecule has 14 nitrogen and oxygen atoms in total. The maximum Gasteiger partial charge on any atom is 0.418 e. The van der Waals surface area contributed by atoms with Crippen LogP contribution in [0, 0.1) is 0 Å². The van der Waals surface area contributed by atoms with Crippen LogP contribution in [0.5, 0.6) is 11.5 Å². The summed E-state index contributed by atoms with van der Waals surface area (Å²) >= 11 is 0. The molecule has 0 radical (unpaired) electrons. The fourth-order valence-corrected chi connectivity index (χ4v) is 7.23. The van der Waals surface area contributed by atoms with E-state index in [9.17, 15) is 19.2 Å². The molecule has 2 amide bonds. The smallest absolute Gasteiger partial charge is 0.418 e. The molecule has 62 heavy (non-hydrogen) atoms. The van der Waals surface area contributed by atoms with Gasteiger partial charge in [-0.3, -0.25) is 9.59 Å². The van der Waals surface area contributed by atoms with E-state index in [1.165, 1.54) is 25.3 Å². The first-order chi connectivity index (χ1) is 30.2. The molecule has 0 saturated carbocycles. The van der Waals surface area contributed by atoms with Gasteiger partial charge < -0.3 is 50.2 Å². The highest BCUT2D eigenvalue weighted by molar-refractivity contribution is 6.30. The molecule has 0 spiro atoms. The van der Waals surface area contributed by atoms with Gasteiger partial charge >= 0.3 is 11.9 Å². The molecule has 14 heteroatoms. The van der Waals surface area contributed by atoms with Crippen molar-refractivity contribution in [3.8, 4) is 11.5 Å². The Morgan fingerprint density at radius 2 is 0.935 bits per heavy atom. The number of ether oxygens (including phenoxy) is 4. The van der Waals surface area contributed by atoms with Crippen molar-refractivity contribution in [2.75, 3.05) is 53.5 Å². The standard InChI is InChI=1S/C48H56N6O8/c1-5-49-23-21-35-29-53-41-17-7-31(27-39(35)41)19-25-51-45(55)43(33-9-13-37(59-3)14-10-33)61-47(57)48(58)62-44(34-11-15-38(60-4)16-12-34)46(56)52-26-20-32-8-18-42-40(28-32)36(30-54-42)22-24-50-6-2/h7-18,27-30,43-44,49-50,53-54H,5-6,19-26H2,1-4H3,(H,51,55)(H,52,56). The molecule has 0 bridgehead atoms. The minimum atomic E-state index is -1.51. The van der Waals surface area contributed by atoms with E-state index in [0.717, 1.165) is 72.0 Å². The number of fused-ring (bicyclic) bond motifs is 2. The molecule has 2 atom stereocenters. The quantitative estimate of drug-likeness (QED) is 0.0288. The number of hydrogen-bond donors (Lipinski definition) is 6. The van der Waals surface area contributed by atoms with E-state index in [-0.39, 0.29) is 13.1 Å². The van der Waals surface area contributed by atoms with Gasteiger partial charge in [0.1, 0.15) is 11.5 Å². The number of esters is 2. The van der Waals surface area contributed by atoms with E-state index in [2.05, 4.69) is 57.2 Å². The van der Waals surface area contributed by atoms with Gasteiger partial charge in [0.05, 0.1) is 14.2 Å². The van der Waals surface area contributed by atoms with Gasteiger partial charge in [-0.2, -0.15) is 0 Å². The molecule has 0 fully saturated rings. The molecule has 0 aliphatic carbocycles. The molecule has 0 aliphatic rings. The third kappa shape index (κ3) is 11.8. The lowest BCUT2D eigenvalue weighted by Crippen LogP contribution is -2.37. The molecule has 6 rings (SSSR count). The summed E-state index contributed by atoms with van der Waals surface area (Å²) in [6, 6.07) is 25.0. The number of amides is 2. The Labute approximate surface area is 361 Å². The second kappa shape index (κ2) is 22.3. The summed E-state index contributed by atoms with van der Waals surface area (Å²) in [6.07, 6.45) is 3.77. The summed E-state index contributed by atoms with van der Waals surface area (Å²) in [5.74, 6) is -3.13. The maximum absolute atomic E-state index is 13.7. The highest BCUT2D eigenvalue weighted by Crippen LogP contribution is 2.26. The minimum absolute atomic E-state index is 0.229. The van der Waals surface area contributed by atoms with Crippen LogP contribution in [0.25, 0.3) is 21.8 Å². The van der Waals surface area contributed by atoms with Crippen molar-refractivity contribution in [1.82, 2.24) is 31.2 Å². The predicted octanol–water partition coefficient (Wildman–Crippen LogP) is 5.56. The van der Waals surface area contributed by atoms with Gasteiger partial charge in [0.25, 0.3) is 11.8 Å². The number of H-pyrrole nitrogens is 2. The lowest BCUT2D eigenvalue weighted by atomic mass is 10.0. The molecule has 2 unspecified atom stereocenters. The topological polar surface area (TPSA) is 185 Å². The lowest BCUT2D eigenvalue weighted by Gasteiger charge is -2.20. The molecular weight excluding hydrogens is 789 g/mol. The largest absolute Gasteiger partial charge is 0.497 e. The van der Waals surface area contributed by atoms with E-state index in [1.807, 2.05) is 36.7 Å². The number of rotatable bonds is 22.